The van der Waals surface area contributed by atoms with Crippen molar-refractivity contribution in [2.24, 2.45) is 0 Å². The van der Waals surface area contributed by atoms with E-state index >= 15 is 0 Å². The second kappa shape index (κ2) is 13.0. The molecule has 0 bridgehead atoms. The van der Waals surface area contributed by atoms with Gasteiger partial charge in [-0.15, -0.1) is 0 Å². The summed E-state index contributed by atoms with van der Waals surface area (Å²) in [5.41, 5.74) is 0. The highest BCUT2D eigenvalue weighted by atomic mass is 16.5. The van der Waals surface area contributed by atoms with E-state index in [2.05, 4.69) is 6.92 Å². The third kappa shape index (κ3) is 8.83. The third-order valence-electron chi connectivity index (χ3n) is 5.38. The van der Waals surface area contributed by atoms with Gasteiger partial charge in [0.2, 0.25) is 0 Å². The Balaban J connectivity index is 2.04. The van der Waals surface area contributed by atoms with Gasteiger partial charge in [-0.3, -0.25) is 0 Å². The number of ether oxygens (including phenoxy) is 1. The van der Waals surface area contributed by atoms with Crippen LogP contribution in [0.25, 0.3) is 0 Å². The highest BCUT2D eigenvalue weighted by molar-refractivity contribution is 4.90. The molecule has 4 N–H and O–H groups in total. The van der Waals surface area contributed by atoms with Crippen LogP contribution in [0.2, 0.25) is 0 Å². The van der Waals surface area contributed by atoms with Crippen molar-refractivity contribution in [3.63, 3.8) is 0 Å². The van der Waals surface area contributed by atoms with E-state index in [1.54, 1.807) is 6.92 Å². The van der Waals surface area contributed by atoms with Gasteiger partial charge in [0.05, 0.1) is 18.3 Å². The van der Waals surface area contributed by atoms with E-state index in [1.807, 2.05) is 0 Å². The van der Waals surface area contributed by atoms with Gasteiger partial charge in [0.1, 0.15) is 18.3 Å². The lowest BCUT2D eigenvalue weighted by Crippen LogP contribution is -2.56. The maximum atomic E-state index is 10.1. The summed E-state index contributed by atoms with van der Waals surface area (Å²) in [6, 6.07) is 0. The van der Waals surface area contributed by atoms with Crippen LogP contribution in [0.15, 0.2) is 0 Å². The summed E-state index contributed by atoms with van der Waals surface area (Å²) in [6.45, 7) is 3.92. The van der Waals surface area contributed by atoms with E-state index in [4.69, 9.17) is 4.74 Å². The van der Waals surface area contributed by atoms with Gasteiger partial charge in [0.15, 0.2) is 0 Å². The molecule has 5 heteroatoms. The second-order valence-corrected chi connectivity index (χ2v) is 7.70. The van der Waals surface area contributed by atoms with Crippen molar-refractivity contribution < 1.29 is 25.2 Å². The van der Waals surface area contributed by atoms with Crippen LogP contribution in [0.3, 0.4) is 0 Å². The molecule has 6 atom stereocenters. The maximum absolute atomic E-state index is 10.1. The van der Waals surface area contributed by atoms with Crippen molar-refractivity contribution in [1.29, 1.82) is 0 Å². The first kappa shape index (κ1) is 22.8. The van der Waals surface area contributed by atoms with Crippen LogP contribution in [-0.2, 0) is 4.74 Å². The van der Waals surface area contributed by atoms with E-state index < -0.39 is 30.5 Å². The van der Waals surface area contributed by atoms with Gasteiger partial charge in [0.25, 0.3) is 0 Å². The summed E-state index contributed by atoms with van der Waals surface area (Å²) < 4.78 is 5.56. The Bertz CT molecular complexity index is 325. The summed E-state index contributed by atoms with van der Waals surface area (Å²) in [7, 11) is 0. The van der Waals surface area contributed by atoms with Crippen LogP contribution in [0.4, 0.5) is 0 Å². The van der Waals surface area contributed by atoms with Crippen molar-refractivity contribution in [2.45, 2.75) is 128 Å². The van der Waals surface area contributed by atoms with Crippen LogP contribution >= 0.6 is 0 Å². The maximum Gasteiger partial charge on any atom is 0.111 e. The highest BCUT2D eigenvalue weighted by Gasteiger charge is 2.41. The normalized spacial score (nSPS) is 31.2. The quantitative estimate of drug-likeness (QED) is 0.379. The Morgan fingerprint density at radius 1 is 0.760 bits per heavy atom. The summed E-state index contributed by atoms with van der Waals surface area (Å²) in [6.07, 6.45) is 8.47. The molecule has 0 saturated carbocycles. The molecule has 1 saturated heterocycles. The molecule has 0 radical (unpaired) electrons. The summed E-state index contributed by atoms with van der Waals surface area (Å²) in [5.74, 6) is 0. The Hall–Kier alpha value is -0.200. The van der Waals surface area contributed by atoms with Crippen molar-refractivity contribution >= 4 is 0 Å². The molecule has 0 aliphatic carbocycles. The molecule has 5 nitrogen and oxygen atoms in total. The molecular weight excluding hydrogens is 320 g/mol. The molecule has 0 amide bonds. The first-order valence-electron chi connectivity index (χ1n) is 10.3. The SMILES string of the molecule is CCCCCCCCCCCC(O)CC[C@@H]1O[C@@H](C)[C@H](O)[C@@H](O)[C@H]1O. The first-order valence-corrected chi connectivity index (χ1v) is 10.3. The zero-order valence-corrected chi connectivity index (χ0v) is 16.1. The molecule has 1 rings (SSSR count). The number of hydrogen-bond donors (Lipinski definition) is 4. The average Bonchev–Trinajstić information content (AvgIpc) is 2.60. The molecule has 0 spiro atoms. The van der Waals surface area contributed by atoms with E-state index in [9.17, 15) is 20.4 Å². The van der Waals surface area contributed by atoms with Gasteiger partial charge >= 0.3 is 0 Å². The highest BCUT2D eigenvalue weighted by Crippen LogP contribution is 2.25. The molecule has 1 heterocycles. The monoisotopic (exact) mass is 360 g/mol. The Kier molecular flexibility index (Phi) is 11.9. The lowest BCUT2D eigenvalue weighted by molar-refractivity contribution is -0.219. The Morgan fingerprint density at radius 2 is 1.32 bits per heavy atom. The average molecular weight is 361 g/mol. The minimum atomic E-state index is -1.18. The molecular formula is C20H40O5. The van der Waals surface area contributed by atoms with Gasteiger partial charge in [-0.25, -0.2) is 0 Å². The topological polar surface area (TPSA) is 90.2 Å². The van der Waals surface area contributed by atoms with Crippen LogP contribution < -0.4 is 0 Å². The number of aliphatic hydroxyl groups is 4. The molecule has 1 aliphatic heterocycles. The number of aliphatic hydroxyl groups excluding tert-OH is 4. The van der Waals surface area contributed by atoms with E-state index in [1.165, 1.54) is 44.9 Å². The third-order valence-corrected chi connectivity index (χ3v) is 5.38. The van der Waals surface area contributed by atoms with Gasteiger partial charge < -0.3 is 25.2 Å². The van der Waals surface area contributed by atoms with Gasteiger partial charge in [0, 0.05) is 0 Å². The van der Waals surface area contributed by atoms with Gasteiger partial charge in [-0.1, -0.05) is 64.7 Å². The summed E-state index contributed by atoms with van der Waals surface area (Å²) in [5, 5.41) is 39.5. The minimum absolute atomic E-state index is 0.389. The molecule has 0 aromatic heterocycles. The largest absolute Gasteiger partial charge is 0.393 e. The van der Waals surface area contributed by atoms with Crippen molar-refractivity contribution in [2.75, 3.05) is 0 Å². The van der Waals surface area contributed by atoms with Gasteiger partial charge in [-0.05, 0) is 26.2 Å². The fourth-order valence-electron chi connectivity index (χ4n) is 3.57. The molecule has 25 heavy (non-hydrogen) atoms. The lowest BCUT2D eigenvalue weighted by Gasteiger charge is -2.39. The fourth-order valence-corrected chi connectivity index (χ4v) is 3.57. The van der Waals surface area contributed by atoms with Crippen molar-refractivity contribution in [3.05, 3.63) is 0 Å². The van der Waals surface area contributed by atoms with E-state index in [0.717, 1.165) is 19.3 Å². The first-order chi connectivity index (χ1) is 12.0. The Labute approximate surface area is 153 Å². The standard InChI is InChI=1S/C20H40O5/c1-3-4-5-6-7-8-9-10-11-12-16(21)13-14-17-19(23)20(24)18(22)15(2)25-17/h15-24H,3-14H2,1-2H3/t15-,16?,17-,18-,19-,20+/m0/s1. The molecule has 0 aromatic rings. The molecule has 1 unspecified atom stereocenters. The molecule has 150 valence electrons. The van der Waals surface area contributed by atoms with Gasteiger partial charge in [-0.2, -0.15) is 0 Å². The van der Waals surface area contributed by atoms with Crippen molar-refractivity contribution in [3.8, 4) is 0 Å². The van der Waals surface area contributed by atoms with Crippen molar-refractivity contribution in [1.82, 2.24) is 0 Å². The van der Waals surface area contributed by atoms with Crippen LogP contribution in [0.1, 0.15) is 90.9 Å². The zero-order valence-electron chi connectivity index (χ0n) is 16.1. The molecule has 1 aliphatic rings. The summed E-state index contributed by atoms with van der Waals surface area (Å²) >= 11 is 0. The van der Waals surface area contributed by atoms with Crippen LogP contribution in [-0.4, -0.2) is 57.0 Å². The van der Waals surface area contributed by atoms with Crippen LogP contribution in [0, 0.1) is 0 Å². The molecule has 0 aromatic carbocycles. The second-order valence-electron chi connectivity index (χ2n) is 7.70. The van der Waals surface area contributed by atoms with E-state index in [-0.39, 0.29) is 6.10 Å². The minimum Gasteiger partial charge on any atom is -0.393 e. The van der Waals surface area contributed by atoms with E-state index in [0.29, 0.717) is 12.8 Å². The zero-order chi connectivity index (χ0) is 18.7. The predicted molar refractivity (Wildman–Crippen MR) is 99.4 cm³/mol. The predicted octanol–water partition coefficient (Wildman–Crippen LogP) is 2.92. The Morgan fingerprint density at radius 3 is 1.92 bits per heavy atom. The lowest BCUT2D eigenvalue weighted by atomic mass is 9.92. The number of unbranched alkanes of at least 4 members (excludes halogenated alkanes) is 8. The molecule has 1 fully saturated rings. The smallest absolute Gasteiger partial charge is 0.111 e. The van der Waals surface area contributed by atoms with Crippen LogP contribution in [0.5, 0.6) is 0 Å². The fraction of sp³-hybridized carbons (Fsp3) is 1.00. The number of hydrogen-bond acceptors (Lipinski definition) is 5. The number of rotatable bonds is 13. The summed E-state index contributed by atoms with van der Waals surface area (Å²) in [4.78, 5) is 0.